The van der Waals surface area contributed by atoms with Gasteiger partial charge < -0.3 is 15.7 Å². The summed E-state index contributed by atoms with van der Waals surface area (Å²) >= 11 is 11.9. The third-order valence-corrected chi connectivity index (χ3v) is 6.11. The van der Waals surface area contributed by atoms with Crippen molar-refractivity contribution in [1.29, 1.82) is 0 Å². The van der Waals surface area contributed by atoms with Gasteiger partial charge in [-0.15, -0.1) is 24.0 Å². The highest BCUT2D eigenvalue weighted by Gasteiger charge is 2.27. The van der Waals surface area contributed by atoms with Crippen molar-refractivity contribution in [3.05, 3.63) is 33.8 Å². The lowest BCUT2D eigenvalue weighted by Crippen LogP contribution is -2.41. The molecule has 25 heavy (non-hydrogen) atoms. The molecular weight excluding hydrogens is 500 g/mol. The number of hydrogen-bond donors (Lipinski definition) is 3. The molecule has 1 aromatic rings. The van der Waals surface area contributed by atoms with Gasteiger partial charge in [-0.1, -0.05) is 23.2 Å². The van der Waals surface area contributed by atoms with E-state index in [4.69, 9.17) is 23.2 Å². The molecule has 1 saturated heterocycles. The molecule has 10 heteroatoms. The van der Waals surface area contributed by atoms with E-state index in [1.54, 1.807) is 25.2 Å². The van der Waals surface area contributed by atoms with Crippen LogP contribution in [0.5, 0.6) is 0 Å². The fraction of sp³-hybridized carbons (Fsp3) is 0.533. The Kier molecular flexibility index (Phi) is 9.24. The number of aliphatic imine (C=N–C) groups is 1. The largest absolute Gasteiger partial charge is 0.387 e. The van der Waals surface area contributed by atoms with E-state index in [0.29, 0.717) is 34.5 Å². The molecule has 1 heterocycles. The zero-order chi connectivity index (χ0) is 17.7. The minimum Gasteiger partial charge on any atom is -0.387 e. The maximum Gasteiger partial charge on any atom is 0.191 e. The topological polar surface area (TPSA) is 90.8 Å². The van der Waals surface area contributed by atoms with E-state index < -0.39 is 15.9 Å². The molecule has 3 N–H and O–H groups in total. The van der Waals surface area contributed by atoms with E-state index >= 15 is 0 Å². The Morgan fingerprint density at radius 2 is 1.96 bits per heavy atom. The van der Waals surface area contributed by atoms with Crippen molar-refractivity contribution < 1.29 is 13.5 Å². The molecule has 6 nitrogen and oxygen atoms in total. The molecule has 1 aliphatic rings. The number of nitrogens with zero attached hydrogens (tertiary/aromatic N) is 1. The van der Waals surface area contributed by atoms with Gasteiger partial charge in [-0.3, -0.25) is 4.99 Å². The van der Waals surface area contributed by atoms with E-state index in [0.717, 1.165) is 0 Å². The van der Waals surface area contributed by atoms with Gasteiger partial charge in [0.15, 0.2) is 15.8 Å². The fourth-order valence-electron chi connectivity index (χ4n) is 2.57. The number of aliphatic hydroxyl groups excluding tert-OH is 1. The van der Waals surface area contributed by atoms with Crippen LogP contribution in [-0.4, -0.2) is 51.1 Å². The molecule has 0 amide bonds. The van der Waals surface area contributed by atoms with Crippen molar-refractivity contribution in [2.75, 3.05) is 31.6 Å². The molecule has 2 rings (SSSR count). The van der Waals surface area contributed by atoms with Gasteiger partial charge in [-0.2, -0.15) is 0 Å². The highest BCUT2D eigenvalue weighted by molar-refractivity contribution is 14.0. The van der Waals surface area contributed by atoms with Crippen LogP contribution in [0, 0.1) is 5.92 Å². The Hall–Kier alpha value is -0.290. The summed E-state index contributed by atoms with van der Waals surface area (Å²) in [5.74, 6) is 1.05. The first-order chi connectivity index (χ1) is 11.3. The first-order valence-corrected chi connectivity index (χ1v) is 10.2. The summed E-state index contributed by atoms with van der Waals surface area (Å²) < 4.78 is 22.9. The standard InChI is InChI=1S/C15H21Cl2N3O3S.HI/c1-18-15(19-7-10-2-3-24(22,23)9-10)20-8-14(21)11-4-12(16)6-13(17)5-11;/h4-6,10,14,21H,2-3,7-9H2,1H3,(H2,18,19,20);1H. The second-order valence-electron chi connectivity index (χ2n) is 5.82. The number of hydrogen-bond acceptors (Lipinski definition) is 4. The molecular formula is C15H22Cl2IN3O3S. The summed E-state index contributed by atoms with van der Waals surface area (Å²) in [6.07, 6.45) is -0.137. The van der Waals surface area contributed by atoms with Gasteiger partial charge in [0, 0.05) is 30.2 Å². The minimum atomic E-state index is -2.89. The van der Waals surface area contributed by atoms with Crippen LogP contribution in [0.2, 0.25) is 10.0 Å². The number of sulfone groups is 1. The molecule has 0 saturated carbocycles. The smallest absolute Gasteiger partial charge is 0.191 e. The van der Waals surface area contributed by atoms with Crippen LogP contribution >= 0.6 is 47.2 Å². The molecule has 0 radical (unpaired) electrons. The monoisotopic (exact) mass is 521 g/mol. The predicted molar refractivity (Wildman–Crippen MR) is 113 cm³/mol. The van der Waals surface area contributed by atoms with Crippen LogP contribution in [0.25, 0.3) is 0 Å². The number of benzene rings is 1. The molecule has 1 fully saturated rings. The molecule has 142 valence electrons. The lowest BCUT2D eigenvalue weighted by Gasteiger charge is -2.17. The Balaban J connectivity index is 0.00000312. The Bertz CT molecular complexity index is 696. The van der Waals surface area contributed by atoms with Crippen molar-refractivity contribution >= 4 is 63.0 Å². The van der Waals surface area contributed by atoms with E-state index in [1.807, 2.05) is 0 Å². The average Bonchev–Trinajstić information content (AvgIpc) is 2.85. The van der Waals surface area contributed by atoms with Crippen LogP contribution in [-0.2, 0) is 9.84 Å². The molecule has 0 aliphatic carbocycles. The zero-order valence-corrected chi connectivity index (χ0v) is 18.4. The third-order valence-electron chi connectivity index (χ3n) is 3.84. The maximum atomic E-state index is 11.5. The Morgan fingerprint density at radius 1 is 1.32 bits per heavy atom. The molecule has 1 aromatic carbocycles. The molecule has 2 unspecified atom stereocenters. The van der Waals surface area contributed by atoms with Crippen LogP contribution in [0.3, 0.4) is 0 Å². The SMILES string of the molecule is CN=C(NCC1CCS(=O)(=O)C1)NCC(O)c1cc(Cl)cc(Cl)c1.I. The fourth-order valence-corrected chi connectivity index (χ4v) is 4.98. The summed E-state index contributed by atoms with van der Waals surface area (Å²) in [5, 5.41) is 17.2. The molecule has 2 atom stereocenters. The van der Waals surface area contributed by atoms with Crippen LogP contribution < -0.4 is 10.6 Å². The summed E-state index contributed by atoms with van der Waals surface area (Å²) in [5.41, 5.74) is 0.609. The van der Waals surface area contributed by atoms with Gasteiger partial charge in [-0.25, -0.2) is 8.42 Å². The summed E-state index contributed by atoms with van der Waals surface area (Å²) in [6.45, 7) is 0.747. The molecule has 0 aromatic heterocycles. The second kappa shape index (κ2) is 10.1. The van der Waals surface area contributed by atoms with E-state index in [1.165, 1.54) is 0 Å². The summed E-state index contributed by atoms with van der Waals surface area (Å²) in [4.78, 5) is 4.07. The number of guanidine groups is 1. The molecule has 0 bridgehead atoms. The van der Waals surface area contributed by atoms with Crippen molar-refractivity contribution in [2.24, 2.45) is 10.9 Å². The van der Waals surface area contributed by atoms with Gasteiger partial charge in [0.2, 0.25) is 0 Å². The van der Waals surface area contributed by atoms with Crippen molar-refractivity contribution in [3.63, 3.8) is 0 Å². The van der Waals surface area contributed by atoms with Gasteiger partial charge >= 0.3 is 0 Å². The molecule has 1 aliphatic heterocycles. The highest BCUT2D eigenvalue weighted by atomic mass is 127. The lowest BCUT2D eigenvalue weighted by atomic mass is 10.1. The van der Waals surface area contributed by atoms with Gasteiger partial charge in [0.25, 0.3) is 0 Å². The maximum absolute atomic E-state index is 11.5. The normalized spacial score (nSPS) is 20.6. The van der Waals surface area contributed by atoms with Crippen molar-refractivity contribution in [3.8, 4) is 0 Å². The van der Waals surface area contributed by atoms with Crippen molar-refractivity contribution in [1.82, 2.24) is 10.6 Å². The first-order valence-electron chi connectivity index (χ1n) is 7.58. The van der Waals surface area contributed by atoms with E-state index in [9.17, 15) is 13.5 Å². The van der Waals surface area contributed by atoms with Crippen LogP contribution in [0.1, 0.15) is 18.1 Å². The highest BCUT2D eigenvalue weighted by Crippen LogP contribution is 2.23. The van der Waals surface area contributed by atoms with Gasteiger partial charge in [-0.05, 0) is 36.1 Å². The Labute approximate surface area is 175 Å². The quantitative estimate of drug-likeness (QED) is 0.314. The summed E-state index contributed by atoms with van der Waals surface area (Å²) in [6, 6.07) is 4.90. The van der Waals surface area contributed by atoms with Gasteiger partial charge in [0.05, 0.1) is 17.6 Å². The summed E-state index contributed by atoms with van der Waals surface area (Å²) in [7, 11) is -1.27. The second-order valence-corrected chi connectivity index (χ2v) is 8.92. The average molecular weight is 522 g/mol. The van der Waals surface area contributed by atoms with Gasteiger partial charge in [0.1, 0.15) is 0 Å². The zero-order valence-electron chi connectivity index (χ0n) is 13.7. The number of nitrogens with one attached hydrogen (secondary N) is 2. The lowest BCUT2D eigenvalue weighted by molar-refractivity contribution is 0.181. The van der Waals surface area contributed by atoms with Crippen LogP contribution in [0.15, 0.2) is 23.2 Å². The third kappa shape index (κ3) is 7.46. The van der Waals surface area contributed by atoms with E-state index in [-0.39, 0.29) is 47.9 Å². The van der Waals surface area contributed by atoms with Crippen LogP contribution in [0.4, 0.5) is 0 Å². The first kappa shape index (κ1) is 22.8. The number of rotatable bonds is 5. The molecule has 0 spiro atoms. The predicted octanol–water partition coefficient (Wildman–Crippen LogP) is 2.24. The number of halogens is 3. The minimum absolute atomic E-state index is 0. The Morgan fingerprint density at radius 3 is 2.48 bits per heavy atom. The number of aliphatic hydroxyl groups is 1. The van der Waals surface area contributed by atoms with E-state index in [2.05, 4.69) is 15.6 Å². The van der Waals surface area contributed by atoms with Crippen molar-refractivity contribution in [2.45, 2.75) is 12.5 Å².